The van der Waals surface area contributed by atoms with Gasteiger partial charge in [0, 0.05) is 31.1 Å². The topological polar surface area (TPSA) is 66.5 Å². The molecule has 0 fully saturated rings. The molecule has 0 saturated heterocycles. The number of fused-ring (bicyclic) bond motifs is 3. The number of ether oxygens (including phenoxy) is 4. The Balaban J connectivity index is 1.79. The van der Waals surface area contributed by atoms with E-state index in [1.54, 1.807) is 25.3 Å². The first kappa shape index (κ1) is 18.6. The van der Waals surface area contributed by atoms with Gasteiger partial charge in [0.05, 0.1) is 20.8 Å². The second-order valence-electron chi connectivity index (χ2n) is 6.78. The number of carbonyl (C=O) groups is 1. The van der Waals surface area contributed by atoms with Gasteiger partial charge in [0.1, 0.15) is 0 Å². The molecule has 7 nitrogen and oxygen atoms in total. The molecule has 0 amide bonds. The van der Waals surface area contributed by atoms with Crippen molar-refractivity contribution in [2.75, 3.05) is 34.6 Å². The number of rotatable bonds is 2. The van der Waals surface area contributed by atoms with Gasteiger partial charge >= 0.3 is 0 Å². The van der Waals surface area contributed by atoms with Gasteiger partial charge in [-0.05, 0) is 35.7 Å². The Kier molecular flexibility index (Phi) is 5.11. The van der Waals surface area contributed by atoms with Gasteiger partial charge in [0.2, 0.25) is 6.79 Å². The Labute approximate surface area is 163 Å². The standard InChI is InChI=1S/C21H23NO6/c1-22-7-6-14-9-19-20(27-12-26-19)10-15(14)17(23)8-13-4-5-18(24-2)21(25-3)16(13)11-28-22/h4-5,9-10H,6-8,11-12H2,1-3H3. The Bertz CT molecular complexity index is 910. The maximum Gasteiger partial charge on any atom is 0.231 e. The number of hydroxylamine groups is 2. The first-order chi connectivity index (χ1) is 13.6. The molecule has 2 aromatic rings. The maximum absolute atomic E-state index is 13.2. The smallest absolute Gasteiger partial charge is 0.231 e. The van der Waals surface area contributed by atoms with Crippen molar-refractivity contribution >= 4 is 5.78 Å². The zero-order valence-electron chi connectivity index (χ0n) is 16.2. The van der Waals surface area contributed by atoms with Crippen molar-refractivity contribution < 1.29 is 28.6 Å². The Hall–Kier alpha value is -2.77. The van der Waals surface area contributed by atoms with E-state index in [9.17, 15) is 4.79 Å². The molecule has 2 aliphatic heterocycles. The van der Waals surface area contributed by atoms with E-state index in [0.29, 0.717) is 48.1 Å². The first-order valence-electron chi connectivity index (χ1n) is 9.13. The fraction of sp³-hybridized carbons (Fsp3) is 0.381. The molecule has 0 spiro atoms. The van der Waals surface area contributed by atoms with E-state index in [1.807, 2.05) is 25.2 Å². The van der Waals surface area contributed by atoms with Crippen LogP contribution in [0.4, 0.5) is 0 Å². The summed E-state index contributed by atoms with van der Waals surface area (Å²) >= 11 is 0. The highest BCUT2D eigenvalue weighted by Crippen LogP contribution is 2.38. The summed E-state index contributed by atoms with van der Waals surface area (Å²) in [4.78, 5) is 19.1. The van der Waals surface area contributed by atoms with Crippen LogP contribution < -0.4 is 18.9 Å². The van der Waals surface area contributed by atoms with E-state index in [0.717, 1.165) is 16.7 Å². The highest BCUT2D eigenvalue weighted by atomic mass is 16.7. The minimum atomic E-state index is 0.0197. The fourth-order valence-corrected chi connectivity index (χ4v) is 3.59. The number of hydrogen-bond acceptors (Lipinski definition) is 7. The number of Topliss-reactive ketones (excluding diaryl/α,β-unsaturated/α-hetero) is 1. The summed E-state index contributed by atoms with van der Waals surface area (Å²) in [5, 5.41) is 1.77. The van der Waals surface area contributed by atoms with Crippen LogP contribution >= 0.6 is 0 Å². The molecule has 0 atom stereocenters. The first-order valence-corrected chi connectivity index (χ1v) is 9.13. The van der Waals surface area contributed by atoms with E-state index in [2.05, 4.69) is 0 Å². The van der Waals surface area contributed by atoms with Crippen LogP contribution in [0.2, 0.25) is 0 Å². The van der Waals surface area contributed by atoms with E-state index in [1.165, 1.54) is 0 Å². The summed E-state index contributed by atoms with van der Waals surface area (Å²) in [6, 6.07) is 7.40. The van der Waals surface area contributed by atoms with Gasteiger partial charge in [-0.15, -0.1) is 0 Å². The SMILES string of the molecule is COc1ccc2c(c1OC)CON(C)CCc1cc3c(cc1C(=O)C2)OCO3. The maximum atomic E-state index is 13.2. The summed E-state index contributed by atoms with van der Waals surface area (Å²) in [5.41, 5.74) is 3.24. The lowest BCUT2D eigenvalue weighted by molar-refractivity contribution is -0.150. The third-order valence-electron chi connectivity index (χ3n) is 5.12. The van der Waals surface area contributed by atoms with Crippen LogP contribution in [0.15, 0.2) is 24.3 Å². The molecular formula is C21H23NO6. The van der Waals surface area contributed by atoms with Gasteiger partial charge in [0.15, 0.2) is 28.8 Å². The lowest BCUT2D eigenvalue weighted by atomic mass is 9.94. The van der Waals surface area contributed by atoms with Crippen molar-refractivity contribution in [1.82, 2.24) is 5.06 Å². The summed E-state index contributed by atoms with van der Waals surface area (Å²) in [7, 11) is 5.05. The molecule has 7 heteroatoms. The molecule has 0 saturated carbocycles. The molecule has 2 aromatic carbocycles. The molecule has 0 radical (unpaired) electrons. The van der Waals surface area contributed by atoms with Gasteiger partial charge in [-0.25, -0.2) is 0 Å². The van der Waals surface area contributed by atoms with Crippen LogP contribution in [0.5, 0.6) is 23.0 Å². The van der Waals surface area contributed by atoms with Crippen molar-refractivity contribution in [2.24, 2.45) is 0 Å². The third kappa shape index (κ3) is 3.39. The summed E-state index contributed by atoms with van der Waals surface area (Å²) < 4.78 is 21.9. The van der Waals surface area contributed by atoms with Crippen LogP contribution in [-0.4, -0.2) is 45.5 Å². The largest absolute Gasteiger partial charge is 0.493 e. The summed E-state index contributed by atoms with van der Waals surface area (Å²) in [5.74, 6) is 2.51. The van der Waals surface area contributed by atoms with Gasteiger partial charge in [-0.1, -0.05) is 6.07 Å². The number of carbonyl (C=O) groups excluding carboxylic acids is 1. The predicted molar refractivity (Wildman–Crippen MR) is 101 cm³/mol. The van der Waals surface area contributed by atoms with Crippen molar-refractivity contribution in [3.05, 3.63) is 46.5 Å². The number of likely N-dealkylation sites (N-methyl/N-ethyl adjacent to an activating group) is 1. The molecular weight excluding hydrogens is 362 g/mol. The van der Waals surface area contributed by atoms with Crippen LogP contribution in [0, 0.1) is 0 Å². The average molecular weight is 385 g/mol. The van der Waals surface area contributed by atoms with E-state index >= 15 is 0 Å². The molecule has 0 unspecified atom stereocenters. The average Bonchev–Trinajstić information content (AvgIpc) is 3.16. The molecule has 28 heavy (non-hydrogen) atoms. The van der Waals surface area contributed by atoms with Crippen molar-refractivity contribution in [3.8, 4) is 23.0 Å². The van der Waals surface area contributed by atoms with Gasteiger partial charge < -0.3 is 18.9 Å². The van der Waals surface area contributed by atoms with E-state index in [4.69, 9.17) is 23.8 Å². The number of methoxy groups -OCH3 is 2. The van der Waals surface area contributed by atoms with Crippen LogP contribution in [0.25, 0.3) is 0 Å². The monoisotopic (exact) mass is 385 g/mol. The Morgan fingerprint density at radius 1 is 1.04 bits per heavy atom. The second-order valence-corrected chi connectivity index (χ2v) is 6.78. The van der Waals surface area contributed by atoms with Gasteiger partial charge in [0.25, 0.3) is 0 Å². The quantitative estimate of drug-likeness (QED) is 0.787. The lowest BCUT2D eigenvalue weighted by Gasteiger charge is -2.20. The molecule has 2 aliphatic rings. The molecule has 0 N–H and O–H groups in total. The zero-order valence-corrected chi connectivity index (χ0v) is 16.2. The van der Waals surface area contributed by atoms with Crippen molar-refractivity contribution in [1.29, 1.82) is 0 Å². The Morgan fingerprint density at radius 2 is 1.82 bits per heavy atom. The lowest BCUT2D eigenvalue weighted by Crippen LogP contribution is -2.22. The minimum Gasteiger partial charge on any atom is -0.493 e. The highest BCUT2D eigenvalue weighted by Gasteiger charge is 2.24. The molecule has 148 valence electrons. The summed E-state index contributed by atoms with van der Waals surface area (Å²) in [6.07, 6.45) is 0.889. The molecule has 4 rings (SSSR count). The predicted octanol–water partition coefficient (Wildman–Crippen LogP) is 2.78. The van der Waals surface area contributed by atoms with E-state index < -0.39 is 0 Å². The number of hydrogen-bond donors (Lipinski definition) is 0. The zero-order chi connectivity index (χ0) is 19.7. The molecule has 0 aliphatic carbocycles. The van der Waals surface area contributed by atoms with Gasteiger partial charge in [-0.3, -0.25) is 9.63 Å². The number of benzene rings is 2. The van der Waals surface area contributed by atoms with Crippen LogP contribution in [-0.2, 0) is 24.3 Å². The second kappa shape index (κ2) is 7.69. The third-order valence-corrected chi connectivity index (χ3v) is 5.12. The fourth-order valence-electron chi connectivity index (χ4n) is 3.59. The molecule has 2 heterocycles. The van der Waals surface area contributed by atoms with Crippen LogP contribution in [0.3, 0.4) is 0 Å². The van der Waals surface area contributed by atoms with Crippen molar-refractivity contribution in [3.63, 3.8) is 0 Å². The number of nitrogens with zero attached hydrogens (tertiary/aromatic N) is 1. The van der Waals surface area contributed by atoms with Crippen LogP contribution in [0.1, 0.15) is 27.0 Å². The Morgan fingerprint density at radius 3 is 2.57 bits per heavy atom. The van der Waals surface area contributed by atoms with Crippen molar-refractivity contribution in [2.45, 2.75) is 19.4 Å². The van der Waals surface area contributed by atoms with Gasteiger partial charge in [-0.2, -0.15) is 5.06 Å². The highest BCUT2D eigenvalue weighted by molar-refractivity contribution is 6.00. The normalized spacial score (nSPS) is 16.8. The minimum absolute atomic E-state index is 0.0197. The van der Waals surface area contributed by atoms with E-state index in [-0.39, 0.29) is 19.0 Å². The number of ketones is 1. The molecule has 0 aromatic heterocycles. The molecule has 0 bridgehead atoms. The summed E-state index contributed by atoms with van der Waals surface area (Å²) in [6.45, 7) is 1.09.